The van der Waals surface area contributed by atoms with E-state index in [0.29, 0.717) is 0 Å². The Morgan fingerprint density at radius 1 is 1.24 bits per heavy atom. The lowest BCUT2D eigenvalue weighted by molar-refractivity contribution is 0.184. The van der Waals surface area contributed by atoms with E-state index in [1.165, 1.54) is 4.90 Å². The van der Waals surface area contributed by atoms with Crippen LogP contribution in [0.25, 0.3) is 0 Å². The number of rotatable bonds is 4. The van der Waals surface area contributed by atoms with Crippen molar-refractivity contribution in [2.45, 2.75) is 23.5 Å². The number of hydrogen-bond donors (Lipinski definition) is 1. The molecule has 0 saturated carbocycles. The van der Waals surface area contributed by atoms with Crippen LogP contribution < -0.4 is 15.2 Å². The highest BCUT2D eigenvalue weighted by atomic mass is 32.2. The molecule has 21 heavy (non-hydrogen) atoms. The first-order valence-corrected chi connectivity index (χ1v) is 8.02. The summed E-state index contributed by atoms with van der Waals surface area (Å²) in [5.41, 5.74) is 7.49. The van der Waals surface area contributed by atoms with Crippen molar-refractivity contribution >= 4 is 11.8 Å². The van der Waals surface area contributed by atoms with E-state index in [4.69, 9.17) is 15.2 Å². The van der Waals surface area contributed by atoms with Crippen LogP contribution in [0.5, 0.6) is 11.5 Å². The first-order valence-electron chi connectivity index (χ1n) is 7.04. The van der Waals surface area contributed by atoms with E-state index < -0.39 is 0 Å². The van der Waals surface area contributed by atoms with Gasteiger partial charge in [0.25, 0.3) is 0 Å². The average molecular weight is 301 g/mol. The van der Waals surface area contributed by atoms with Gasteiger partial charge < -0.3 is 15.2 Å². The lowest BCUT2D eigenvalue weighted by Gasteiger charge is -2.30. The van der Waals surface area contributed by atoms with Gasteiger partial charge in [0.2, 0.25) is 0 Å². The molecule has 2 atom stereocenters. The van der Waals surface area contributed by atoms with Gasteiger partial charge in [-0.05, 0) is 30.2 Å². The Bertz CT molecular complexity index is 617. The summed E-state index contributed by atoms with van der Waals surface area (Å²) in [5.74, 6) is 2.71. The molecule has 0 bridgehead atoms. The Labute approximate surface area is 129 Å². The molecule has 0 amide bonds. The molecule has 2 unspecified atom stereocenters. The van der Waals surface area contributed by atoms with Crippen LogP contribution in [0.2, 0.25) is 0 Å². The van der Waals surface area contributed by atoms with Crippen molar-refractivity contribution in [2.75, 3.05) is 12.9 Å². The highest BCUT2D eigenvalue weighted by molar-refractivity contribution is 7.99. The minimum atomic E-state index is -0.0536. The number of ether oxygens (including phenoxy) is 2. The molecule has 1 aliphatic heterocycles. The van der Waals surface area contributed by atoms with Crippen LogP contribution in [0.15, 0.2) is 53.4 Å². The zero-order chi connectivity index (χ0) is 14.7. The van der Waals surface area contributed by atoms with E-state index in [-0.39, 0.29) is 12.1 Å². The fourth-order valence-electron chi connectivity index (χ4n) is 2.50. The van der Waals surface area contributed by atoms with Gasteiger partial charge in [-0.15, -0.1) is 11.8 Å². The molecule has 0 radical (unpaired) electrons. The van der Waals surface area contributed by atoms with Crippen molar-refractivity contribution < 1.29 is 9.47 Å². The van der Waals surface area contributed by atoms with Gasteiger partial charge in [-0.3, -0.25) is 0 Å². The summed E-state index contributed by atoms with van der Waals surface area (Å²) in [5, 5.41) is 0. The molecule has 2 aromatic carbocycles. The summed E-state index contributed by atoms with van der Waals surface area (Å²) in [4.78, 5) is 1.19. The number of thioether (sulfide) groups is 1. The van der Waals surface area contributed by atoms with Gasteiger partial charge in [0, 0.05) is 16.7 Å². The second-order valence-corrected chi connectivity index (χ2v) is 6.16. The van der Waals surface area contributed by atoms with Crippen molar-refractivity contribution in [2.24, 2.45) is 5.73 Å². The van der Waals surface area contributed by atoms with Gasteiger partial charge >= 0.3 is 0 Å². The highest BCUT2D eigenvalue weighted by Crippen LogP contribution is 2.36. The van der Waals surface area contributed by atoms with E-state index in [1.807, 2.05) is 48.2 Å². The smallest absolute Gasteiger partial charge is 0.133 e. The molecule has 110 valence electrons. The molecule has 1 heterocycles. The van der Waals surface area contributed by atoms with E-state index in [1.54, 1.807) is 7.11 Å². The highest BCUT2D eigenvalue weighted by Gasteiger charge is 2.26. The predicted molar refractivity (Wildman–Crippen MR) is 86.3 cm³/mol. The summed E-state index contributed by atoms with van der Waals surface area (Å²) >= 11 is 1.81. The number of methoxy groups -OCH3 is 1. The standard InChI is InChI=1S/C17H19NO2S/c1-19-14-7-3-2-6-12(14)10-13(18)16-11-21-17-9-5-4-8-15(17)20-16/h2-9,13,16H,10-11,18H2,1H3. The summed E-state index contributed by atoms with van der Waals surface area (Å²) in [6.45, 7) is 0. The Hall–Kier alpha value is -1.65. The summed E-state index contributed by atoms with van der Waals surface area (Å²) in [6, 6.07) is 16.1. The lowest BCUT2D eigenvalue weighted by atomic mass is 10.0. The number of hydrogen-bond acceptors (Lipinski definition) is 4. The molecule has 3 nitrogen and oxygen atoms in total. The molecular weight excluding hydrogens is 282 g/mol. The van der Waals surface area contributed by atoms with Gasteiger partial charge in [0.15, 0.2) is 0 Å². The van der Waals surface area contributed by atoms with Crippen LogP contribution >= 0.6 is 11.8 Å². The van der Waals surface area contributed by atoms with Crippen molar-refractivity contribution in [1.29, 1.82) is 0 Å². The number of benzene rings is 2. The van der Waals surface area contributed by atoms with Crippen LogP contribution in [0.1, 0.15) is 5.56 Å². The Morgan fingerprint density at radius 2 is 2.00 bits per heavy atom. The summed E-state index contributed by atoms with van der Waals surface area (Å²) in [6.07, 6.45) is 0.770. The number of para-hydroxylation sites is 2. The molecular formula is C17H19NO2S. The predicted octanol–water partition coefficient (Wildman–Crippen LogP) is 3.12. The molecule has 0 aromatic heterocycles. The molecule has 0 saturated heterocycles. The number of nitrogens with two attached hydrogens (primary N) is 1. The van der Waals surface area contributed by atoms with Gasteiger partial charge in [-0.1, -0.05) is 30.3 Å². The van der Waals surface area contributed by atoms with Gasteiger partial charge in [0.1, 0.15) is 17.6 Å². The molecule has 2 aromatic rings. The first-order chi connectivity index (χ1) is 10.3. The van der Waals surface area contributed by atoms with Crippen molar-refractivity contribution in [3.63, 3.8) is 0 Å². The Balaban J connectivity index is 1.71. The molecule has 2 N–H and O–H groups in total. The van der Waals surface area contributed by atoms with E-state index in [2.05, 4.69) is 12.1 Å². The van der Waals surface area contributed by atoms with Crippen molar-refractivity contribution in [3.05, 3.63) is 54.1 Å². The van der Waals surface area contributed by atoms with Crippen molar-refractivity contribution in [1.82, 2.24) is 0 Å². The second-order valence-electron chi connectivity index (χ2n) is 5.09. The van der Waals surface area contributed by atoms with Gasteiger partial charge in [-0.25, -0.2) is 0 Å². The molecule has 0 aliphatic carbocycles. The molecule has 0 spiro atoms. The van der Waals surface area contributed by atoms with Crippen LogP contribution in [0, 0.1) is 0 Å². The monoisotopic (exact) mass is 301 g/mol. The summed E-state index contributed by atoms with van der Waals surface area (Å²) in [7, 11) is 1.69. The Morgan fingerprint density at radius 3 is 2.86 bits per heavy atom. The first kappa shape index (κ1) is 14.3. The van der Waals surface area contributed by atoms with Crippen molar-refractivity contribution in [3.8, 4) is 11.5 Å². The topological polar surface area (TPSA) is 44.5 Å². The minimum absolute atomic E-state index is 0.0230. The number of fused-ring (bicyclic) bond motifs is 1. The maximum atomic E-state index is 6.37. The van der Waals surface area contributed by atoms with E-state index in [9.17, 15) is 0 Å². The SMILES string of the molecule is COc1ccccc1CC(N)C1CSc2ccccc2O1. The lowest BCUT2D eigenvalue weighted by Crippen LogP contribution is -2.43. The van der Waals surface area contributed by atoms with Crippen LogP contribution in [-0.2, 0) is 6.42 Å². The van der Waals surface area contributed by atoms with Crippen LogP contribution in [0.4, 0.5) is 0 Å². The third-order valence-corrected chi connectivity index (χ3v) is 4.80. The van der Waals surface area contributed by atoms with E-state index >= 15 is 0 Å². The van der Waals surface area contributed by atoms with E-state index in [0.717, 1.165) is 29.2 Å². The van der Waals surface area contributed by atoms with Gasteiger partial charge in [-0.2, -0.15) is 0 Å². The zero-order valence-corrected chi connectivity index (χ0v) is 12.8. The fraction of sp³-hybridized carbons (Fsp3) is 0.294. The average Bonchev–Trinajstić information content (AvgIpc) is 2.55. The van der Waals surface area contributed by atoms with Crippen LogP contribution in [0.3, 0.4) is 0 Å². The quantitative estimate of drug-likeness (QED) is 0.942. The Kier molecular flexibility index (Phi) is 4.36. The molecule has 0 fully saturated rings. The fourth-order valence-corrected chi connectivity index (χ4v) is 3.60. The molecule has 3 rings (SSSR count). The molecule has 1 aliphatic rings. The maximum absolute atomic E-state index is 6.37. The zero-order valence-electron chi connectivity index (χ0n) is 12.0. The normalized spacial score (nSPS) is 18.5. The maximum Gasteiger partial charge on any atom is 0.133 e. The van der Waals surface area contributed by atoms with Crippen LogP contribution in [-0.4, -0.2) is 25.0 Å². The summed E-state index contributed by atoms with van der Waals surface area (Å²) < 4.78 is 11.4. The second kappa shape index (κ2) is 6.41. The molecule has 4 heteroatoms. The minimum Gasteiger partial charge on any atom is -0.496 e. The third-order valence-electron chi connectivity index (χ3n) is 3.66. The van der Waals surface area contributed by atoms with Gasteiger partial charge in [0.05, 0.1) is 7.11 Å². The largest absolute Gasteiger partial charge is 0.496 e. The third kappa shape index (κ3) is 3.17.